The van der Waals surface area contributed by atoms with E-state index in [9.17, 15) is 4.79 Å². The van der Waals surface area contributed by atoms with Crippen molar-refractivity contribution in [1.29, 1.82) is 0 Å². The highest BCUT2D eigenvalue weighted by atomic mass is 32.1. The first-order chi connectivity index (χ1) is 10.1. The summed E-state index contributed by atoms with van der Waals surface area (Å²) in [7, 11) is 0. The Morgan fingerprint density at radius 2 is 1.90 bits per heavy atom. The van der Waals surface area contributed by atoms with Crippen LogP contribution in [0.3, 0.4) is 0 Å². The number of hydrogen-bond acceptors (Lipinski definition) is 3. The Balaban J connectivity index is 2.34. The molecule has 0 aliphatic heterocycles. The van der Waals surface area contributed by atoms with E-state index in [-0.39, 0.29) is 5.91 Å². The molecule has 0 unspecified atom stereocenters. The van der Waals surface area contributed by atoms with Crippen molar-refractivity contribution in [3.63, 3.8) is 0 Å². The van der Waals surface area contributed by atoms with Crippen LogP contribution in [0.15, 0.2) is 24.3 Å². The highest BCUT2D eigenvalue weighted by Crippen LogP contribution is 2.05. The fourth-order valence-corrected chi connectivity index (χ4v) is 2.27. The number of thiocarbonyl (C=S) groups is 1. The monoisotopic (exact) mass is 307 g/mol. The Hall–Kier alpha value is -1.46. The van der Waals surface area contributed by atoms with Gasteiger partial charge < -0.3 is 16.0 Å². The normalized spacial score (nSPS) is 10.6. The molecular weight excluding hydrogens is 282 g/mol. The highest BCUT2D eigenvalue weighted by molar-refractivity contribution is 7.80. The number of hydrogen-bond donors (Lipinski definition) is 2. The van der Waals surface area contributed by atoms with E-state index in [1.807, 2.05) is 24.3 Å². The van der Waals surface area contributed by atoms with Crippen LogP contribution in [0.2, 0.25) is 0 Å². The van der Waals surface area contributed by atoms with Gasteiger partial charge >= 0.3 is 0 Å². The van der Waals surface area contributed by atoms with Crippen molar-refractivity contribution in [2.24, 2.45) is 5.73 Å². The lowest BCUT2D eigenvalue weighted by atomic mass is 10.1. The van der Waals surface area contributed by atoms with Gasteiger partial charge in [0, 0.05) is 18.7 Å². The van der Waals surface area contributed by atoms with E-state index in [1.54, 1.807) is 0 Å². The average molecular weight is 307 g/mol. The number of nitrogens with zero attached hydrogens (tertiary/aromatic N) is 1. The first-order valence-corrected chi connectivity index (χ1v) is 7.85. The summed E-state index contributed by atoms with van der Waals surface area (Å²) in [6, 6.07) is 7.49. The molecule has 21 heavy (non-hydrogen) atoms. The zero-order valence-corrected chi connectivity index (χ0v) is 13.7. The molecule has 0 atom stereocenters. The van der Waals surface area contributed by atoms with Crippen molar-refractivity contribution >= 4 is 23.1 Å². The molecular formula is C16H25N3OS. The molecule has 1 aromatic carbocycles. The van der Waals surface area contributed by atoms with Crippen LogP contribution in [-0.4, -0.2) is 42.0 Å². The SMILES string of the molecule is CCCN(CC)CCNC(=O)Cc1ccc(C(N)=S)cc1. The Kier molecular flexibility index (Phi) is 7.93. The highest BCUT2D eigenvalue weighted by Gasteiger charge is 2.05. The van der Waals surface area contributed by atoms with Crippen LogP contribution in [0.4, 0.5) is 0 Å². The van der Waals surface area contributed by atoms with E-state index < -0.39 is 0 Å². The van der Waals surface area contributed by atoms with Crippen molar-refractivity contribution in [3.05, 3.63) is 35.4 Å². The van der Waals surface area contributed by atoms with E-state index in [2.05, 4.69) is 24.1 Å². The summed E-state index contributed by atoms with van der Waals surface area (Å²) in [5.41, 5.74) is 7.34. The van der Waals surface area contributed by atoms with Crippen LogP contribution in [0, 0.1) is 0 Å². The second-order valence-corrected chi connectivity index (χ2v) is 5.46. The molecule has 0 radical (unpaired) electrons. The number of nitrogens with two attached hydrogens (primary N) is 1. The number of carbonyl (C=O) groups is 1. The van der Waals surface area contributed by atoms with E-state index in [0.29, 0.717) is 18.0 Å². The largest absolute Gasteiger partial charge is 0.389 e. The summed E-state index contributed by atoms with van der Waals surface area (Å²) in [4.78, 5) is 14.6. The lowest BCUT2D eigenvalue weighted by Crippen LogP contribution is -2.35. The zero-order chi connectivity index (χ0) is 15.7. The quantitative estimate of drug-likeness (QED) is 0.682. The Labute approximate surface area is 132 Å². The van der Waals surface area contributed by atoms with Crippen molar-refractivity contribution < 1.29 is 4.79 Å². The van der Waals surface area contributed by atoms with Gasteiger partial charge in [0.15, 0.2) is 0 Å². The number of carbonyl (C=O) groups excluding carboxylic acids is 1. The van der Waals surface area contributed by atoms with Gasteiger partial charge in [0.05, 0.1) is 6.42 Å². The minimum atomic E-state index is 0.0469. The number of nitrogens with one attached hydrogen (secondary N) is 1. The summed E-state index contributed by atoms with van der Waals surface area (Å²) in [6.07, 6.45) is 1.52. The van der Waals surface area contributed by atoms with Crippen LogP contribution in [0.1, 0.15) is 31.4 Å². The Bertz CT molecular complexity index is 459. The molecule has 0 heterocycles. The van der Waals surface area contributed by atoms with Crippen molar-refractivity contribution in [2.45, 2.75) is 26.7 Å². The van der Waals surface area contributed by atoms with Crippen molar-refractivity contribution in [1.82, 2.24) is 10.2 Å². The fourth-order valence-electron chi connectivity index (χ4n) is 2.13. The number of likely N-dealkylation sites (N-methyl/N-ethyl adjacent to an activating group) is 1. The first-order valence-electron chi connectivity index (χ1n) is 7.44. The Morgan fingerprint density at radius 3 is 2.43 bits per heavy atom. The molecule has 3 N–H and O–H groups in total. The molecule has 0 saturated carbocycles. The predicted octanol–water partition coefficient (Wildman–Crippen LogP) is 1.71. The van der Waals surface area contributed by atoms with E-state index in [0.717, 1.165) is 37.2 Å². The van der Waals surface area contributed by atoms with Gasteiger partial charge in [-0.05, 0) is 25.1 Å². The molecule has 1 rings (SSSR count). The lowest BCUT2D eigenvalue weighted by molar-refractivity contribution is -0.120. The van der Waals surface area contributed by atoms with Crippen LogP contribution >= 0.6 is 12.2 Å². The standard InChI is InChI=1S/C16H25N3OS/c1-3-10-19(4-2)11-9-18-15(20)12-13-5-7-14(8-6-13)16(17)21/h5-8H,3-4,9-12H2,1-2H3,(H2,17,21)(H,18,20). The maximum absolute atomic E-state index is 11.9. The van der Waals surface area contributed by atoms with Gasteiger partial charge in [0.1, 0.15) is 4.99 Å². The average Bonchev–Trinajstić information content (AvgIpc) is 2.46. The summed E-state index contributed by atoms with van der Waals surface area (Å²) in [5, 5.41) is 2.96. The van der Waals surface area contributed by atoms with E-state index in [1.165, 1.54) is 0 Å². The Morgan fingerprint density at radius 1 is 1.24 bits per heavy atom. The topological polar surface area (TPSA) is 58.4 Å². The predicted molar refractivity (Wildman–Crippen MR) is 91.4 cm³/mol. The molecule has 0 spiro atoms. The van der Waals surface area contributed by atoms with Crippen molar-refractivity contribution in [2.75, 3.05) is 26.2 Å². The van der Waals surface area contributed by atoms with Crippen LogP contribution in [-0.2, 0) is 11.2 Å². The van der Waals surface area contributed by atoms with Crippen LogP contribution < -0.4 is 11.1 Å². The van der Waals surface area contributed by atoms with E-state index in [4.69, 9.17) is 18.0 Å². The molecule has 5 heteroatoms. The molecule has 0 aliphatic carbocycles. The van der Waals surface area contributed by atoms with Gasteiger partial charge in [-0.25, -0.2) is 0 Å². The third-order valence-corrected chi connectivity index (χ3v) is 3.58. The van der Waals surface area contributed by atoms with Gasteiger partial charge in [0.2, 0.25) is 5.91 Å². The third-order valence-electron chi connectivity index (χ3n) is 3.34. The van der Waals surface area contributed by atoms with Gasteiger partial charge in [-0.2, -0.15) is 0 Å². The van der Waals surface area contributed by atoms with Crippen molar-refractivity contribution in [3.8, 4) is 0 Å². The minimum absolute atomic E-state index is 0.0469. The third kappa shape index (κ3) is 6.69. The molecule has 1 aromatic rings. The van der Waals surface area contributed by atoms with Crippen LogP contribution in [0.25, 0.3) is 0 Å². The molecule has 116 valence electrons. The number of amides is 1. The smallest absolute Gasteiger partial charge is 0.224 e. The summed E-state index contributed by atoms with van der Waals surface area (Å²) in [6.45, 7) is 7.99. The molecule has 0 aromatic heterocycles. The number of rotatable bonds is 9. The molecule has 0 fully saturated rings. The van der Waals surface area contributed by atoms with Gasteiger partial charge in [0.25, 0.3) is 0 Å². The van der Waals surface area contributed by atoms with E-state index >= 15 is 0 Å². The minimum Gasteiger partial charge on any atom is -0.389 e. The maximum atomic E-state index is 11.9. The fraction of sp³-hybridized carbons (Fsp3) is 0.500. The van der Waals surface area contributed by atoms with Crippen LogP contribution in [0.5, 0.6) is 0 Å². The molecule has 0 saturated heterocycles. The first kappa shape index (κ1) is 17.6. The summed E-state index contributed by atoms with van der Waals surface area (Å²) < 4.78 is 0. The maximum Gasteiger partial charge on any atom is 0.224 e. The molecule has 4 nitrogen and oxygen atoms in total. The second-order valence-electron chi connectivity index (χ2n) is 5.02. The lowest BCUT2D eigenvalue weighted by Gasteiger charge is -2.19. The molecule has 0 bridgehead atoms. The zero-order valence-electron chi connectivity index (χ0n) is 12.9. The van der Waals surface area contributed by atoms with Gasteiger partial charge in [-0.1, -0.05) is 50.3 Å². The second kappa shape index (κ2) is 9.47. The molecule has 1 amide bonds. The van der Waals surface area contributed by atoms with Gasteiger partial charge in [-0.15, -0.1) is 0 Å². The number of benzene rings is 1. The summed E-state index contributed by atoms with van der Waals surface area (Å²) in [5.74, 6) is 0.0469. The molecule has 0 aliphatic rings. The summed E-state index contributed by atoms with van der Waals surface area (Å²) >= 11 is 4.90. The van der Waals surface area contributed by atoms with Gasteiger partial charge in [-0.3, -0.25) is 4.79 Å².